The predicted octanol–water partition coefficient (Wildman–Crippen LogP) is 4.09. The first-order chi connectivity index (χ1) is 11.8. The van der Waals surface area contributed by atoms with E-state index in [2.05, 4.69) is 10.6 Å². The molecule has 0 aliphatic heterocycles. The second-order valence-electron chi connectivity index (χ2n) is 5.17. The second-order valence-corrected chi connectivity index (χ2v) is 6.42. The maximum Gasteiger partial charge on any atom is 0.258 e. The second kappa shape index (κ2) is 8.94. The monoisotopic (exact) mass is 400 g/mol. The summed E-state index contributed by atoms with van der Waals surface area (Å²) in [4.78, 5) is 23.6. The molecule has 0 saturated heterocycles. The number of ether oxygens (including phenoxy) is 1. The summed E-state index contributed by atoms with van der Waals surface area (Å²) in [6.45, 7) is 1.40. The van der Waals surface area contributed by atoms with Crippen molar-refractivity contribution in [1.29, 1.82) is 0 Å². The number of aryl methyl sites for hydroxylation is 1. The Morgan fingerprint density at radius 3 is 2.48 bits per heavy atom. The zero-order chi connectivity index (χ0) is 18.4. The molecule has 2 N–H and O–H groups in total. The van der Waals surface area contributed by atoms with Crippen LogP contribution in [0.5, 0.6) is 5.75 Å². The van der Waals surface area contributed by atoms with E-state index in [1.807, 2.05) is 13.0 Å². The number of amides is 2. The number of anilines is 1. The van der Waals surface area contributed by atoms with Crippen molar-refractivity contribution in [3.63, 3.8) is 0 Å². The normalized spacial score (nSPS) is 10.2. The summed E-state index contributed by atoms with van der Waals surface area (Å²) in [6, 6.07) is 9.94. The third kappa shape index (κ3) is 6.12. The number of benzene rings is 2. The molecule has 0 atom stereocenters. The van der Waals surface area contributed by atoms with Crippen LogP contribution < -0.4 is 15.4 Å². The van der Waals surface area contributed by atoms with Gasteiger partial charge >= 0.3 is 0 Å². The average Bonchev–Trinajstić information content (AvgIpc) is 2.57. The lowest BCUT2D eigenvalue weighted by atomic mass is 10.2. The maximum atomic E-state index is 11.9. The molecule has 2 aromatic rings. The fraction of sp³-hybridized carbons (Fsp3) is 0.176. The Labute approximate surface area is 160 Å². The van der Waals surface area contributed by atoms with Gasteiger partial charge in [0.1, 0.15) is 5.75 Å². The molecule has 0 aliphatic rings. The lowest BCUT2D eigenvalue weighted by Crippen LogP contribution is -2.35. The van der Waals surface area contributed by atoms with E-state index < -0.39 is 11.8 Å². The van der Waals surface area contributed by atoms with Crippen molar-refractivity contribution in [2.75, 3.05) is 18.5 Å². The van der Waals surface area contributed by atoms with E-state index in [1.165, 1.54) is 6.07 Å². The molecule has 0 fully saturated rings. The maximum absolute atomic E-state index is 11.9. The third-order valence-electron chi connectivity index (χ3n) is 3.09. The molecule has 0 saturated carbocycles. The van der Waals surface area contributed by atoms with Crippen molar-refractivity contribution in [1.82, 2.24) is 5.32 Å². The SMILES string of the molecule is Cc1ccc(Cl)c(OCC(=O)NCC(=O)Nc2cc(Cl)ccc2Cl)c1. The molecule has 0 aromatic heterocycles. The highest BCUT2D eigenvalue weighted by molar-refractivity contribution is 6.35. The van der Waals surface area contributed by atoms with Gasteiger partial charge in [-0.15, -0.1) is 0 Å². The van der Waals surface area contributed by atoms with Crippen molar-refractivity contribution in [3.05, 3.63) is 57.0 Å². The first-order valence-electron chi connectivity index (χ1n) is 7.25. The molecule has 25 heavy (non-hydrogen) atoms. The van der Waals surface area contributed by atoms with Gasteiger partial charge in [-0.3, -0.25) is 9.59 Å². The molecule has 0 heterocycles. The van der Waals surface area contributed by atoms with Gasteiger partial charge in [0.2, 0.25) is 5.91 Å². The van der Waals surface area contributed by atoms with Crippen LogP contribution in [0.3, 0.4) is 0 Å². The summed E-state index contributed by atoms with van der Waals surface area (Å²) in [5.41, 5.74) is 1.33. The fourth-order valence-electron chi connectivity index (χ4n) is 1.88. The van der Waals surface area contributed by atoms with Gasteiger partial charge in [-0.25, -0.2) is 0 Å². The number of halogens is 3. The predicted molar refractivity (Wildman–Crippen MR) is 99.8 cm³/mol. The molecule has 8 heteroatoms. The lowest BCUT2D eigenvalue weighted by molar-refractivity contribution is -0.125. The summed E-state index contributed by atoms with van der Waals surface area (Å²) in [6.07, 6.45) is 0. The molecule has 0 radical (unpaired) electrons. The molecule has 0 spiro atoms. The minimum Gasteiger partial charge on any atom is -0.482 e. The summed E-state index contributed by atoms with van der Waals surface area (Å²) < 4.78 is 5.35. The van der Waals surface area contributed by atoms with Gasteiger partial charge in [0.25, 0.3) is 5.91 Å². The largest absolute Gasteiger partial charge is 0.482 e. The van der Waals surface area contributed by atoms with Crippen molar-refractivity contribution >= 4 is 52.3 Å². The molecule has 0 aliphatic carbocycles. The van der Waals surface area contributed by atoms with Crippen LogP contribution in [0, 0.1) is 6.92 Å². The van der Waals surface area contributed by atoms with Gasteiger partial charge in [-0.1, -0.05) is 40.9 Å². The Kier molecular flexibility index (Phi) is 6.93. The highest BCUT2D eigenvalue weighted by Crippen LogP contribution is 2.26. The molecule has 132 valence electrons. The average molecular weight is 402 g/mol. The van der Waals surface area contributed by atoms with E-state index >= 15 is 0 Å². The van der Waals surface area contributed by atoms with E-state index in [0.29, 0.717) is 26.5 Å². The number of rotatable bonds is 6. The molecule has 2 rings (SSSR count). The van der Waals surface area contributed by atoms with Crippen LogP contribution in [0.15, 0.2) is 36.4 Å². The van der Waals surface area contributed by atoms with Crippen molar-refractivity contribution in [2.24, 2.45) is 0 Å². The van der Waals surface area contributed by atoms with Gasteiger partial charge in [-0.05, 0) is 42.8 Å². The zero-order valence-corrected chi connectivity index (χ0v) is 15.5. The topological polar surface area (TPSA) is 67.4 Å². The quantitative estimate of drug-likeness (QED) is 0.766. The smallest absolute Gasteiger partial charge is 0.258 e. The van der Waals surface area contributed by atoms with Crippen molar-refractivity contribution in [3.8, 4) is 5.75 Å². The molecule has 2 amide bonds. The van der Waals surface area contributed by atoms with Crippen molar-refractivity contribution < 1.29 is 14.3 Å². The van der Waals surface area contributed by atoms with Crippen LogP contribution in [0.1, 0.15) is 5.56 Å². The first-order valence-corrected chi connectivity index (χ1v) is 8.39. The molecular weight excluding hydrogens is 387 g/mol. The molecule has 2 aromatic carbocycles. The van der Waals surface area contributed by atoms with E-state index in [1.54, 1.807) is 24.3 Å². The van der Waals surface area contributed by atoms with Crippen LogP contribution in [0.25, 0.3) is 0 Å². The van der Waals surface area contributed by atoms with Gasteiger partial charge < -0.3 is 15.4 Å². The zero-order valence-electron chi connectivity index (χ0n) is 13.2. The van der Waals surface area contributed by atoms with Crippen LogP contribution in [0.2, 0.25) is 15.1 Å². The van der Waals surface area contributed by atoms with E-state index in [9.17, 15) is 9.59 Å². The van der Waals surface area contributed by atoms with Crippen LogP contribution in [-0.4, -0.2) is 25.0 Å². The van der Waals surface area contributed by atoms with Crippen molar-refractivity contribution in [2.45, 2.75) is 6.92 Å². The Morgan fingerprint density at radius 2 is 1.72 bits per heavy atom. The molecule has 5 nitrogen and oxygen atoms in total. The summed E-state index contributed by atoms with van der Waals surface area (Å²) in [5, 5.41) is 6.21. The van der Waals surface area contributed by atoms with E-state index in [-0.39, 0.29) is 13.2 Å². The Hall–Kier alpha value is -1.95. The molecule has 0 unspecified atom stereocenters. The molecular formula is C17H15Cl3N2O3. The van der Waals surface area contributed by atoms with E-state index in [0.717, 1.165) is 5.56 Å². The number of carbonyl (C=O) groups is 2. The minimum atomic E-state index is -0.454. The lowest BCUT2D eigenvalue weighted by Gasteiger charge is -2.10. The van der Waals surface area contributed by atoms with Crippen LogP contribution in [0.4, 0.5) is 5.69 Å². The highest BCUT2D eigenvalue weighted by atomic mass is 35.5. The third-order valence-corrected chi connectivity index (χ3v) is 3.97. The molecule has 0 bridgehead atoms. The van der Waals surface area contributed by atoms with Gasteiger partial charge in [-0.2, -0.15) is 0 Å². The highest BCUT2D eigenvalue weighted by Gasteiger charge is 2.10. The first kappa shape index (κ1) is 19.4. The van der Waals surface area contributed by atoms with E-state index in [4.69, 9.17) is 39.5 Å². The summed E-state index contributed by atoms with van der Waals surface area (Å²) >= 11 is 17.8. The number of nitrogens with one attached hydrogen (secondary N) is 2. The summed E-state index contributed by atoms with van der Waals surface area (Å²) in [5.74, 6) is -0.483. The van der Waals surface area contributed by atoms with Gasteiger partial charge in [0.05, 0.1) is 22.3 Å². The summed E-state index contributed by atoms with van der Waals surface area (Å²) in [7, 11) is 0. The number of carbonyl (C=O) groups excluding carboxylic acids is 2. The Balaban J connectivity index is 1.80. The Bertz CT molecular complexity index is 797. The minimum absolute atomic E-state index is 0.230. The van der Waals surface area contributed by atoms with Gasteiger partial charge in [0, 0.05) is 5.02 Å². The van der Waals surface area contributed by atoms with Crippen LogP contribution in [-0.2, 0) is 9.59 Å². The standard InChI is InChI=1S/C17H15Cl3N2O3/c1-10-2-4-13(20)15(6-10)25-9-17(24)21-8-16(23)22-14-7-11(18)3-5-12(14)19/h2-7H,8-9H2,1H3,(H,21,24)(H,22,23). The number of hydrogen-bond donors (Lipinski definition) is 2. The number of hydrogen-bond acceptors (Lipinski definition) is 3. The fourth-order valence-corrected chi connectivity index (χ4v) is 2.39. The van der Waals surface area contributed by atoms with Gasteiger partial charge in [0.15, 0.2) is 6.61 Å². The Morgan fingerprint density at radius 1 is 1.00 bits per heavy atom. The van der Waals surface area contributed by atoms with Crippen LogP contribution >= 0.6 is 34.8 Å².